The minimum Gasteiger partial charge on any atom is -0.383 e. The van der Waals surface area contributed by atoms with Gasteiger partial charge in [0.25, 0.3) is 5.91 Å². The van der Waals surface area contributed by atoms with E-state index >= 15 is 0 Å². The van der Waals surface area contributed by atoms with Crippen LogP contribution in [0.2, 0.25) is 0 Å². The first-order chi connectivity index (χ1) is 8.20. The number of nitrogens with one attached hydrogen (secondary N) is 1. The lowest BCUT2D eigenvalue weighted by atomic mass is 9.98. The van der Waals surface area contributed by atoms with Crippen molar-refractivity contribution in [1.29, 1.82) is 0 Å². The Morgan fingerprint density at radius 2 is 1.94 bits per heavy atom. The average molecular weight is 252 g/mol. The fraction of sp³-hybridized carbons (Fsp3) is 0.667. The fourth-order valence-corrected chi connectivity index (χ4v) is 2.57. The molecule has 6 heteroatoms. The van der Waals surface area contributed by atoms with Crippen LogP contribution in [0.1, 0.15) is 38.1 Å². The minimum absolute atomic E-state index is 0.106. The van der Waals surface area contributed by atoms with Crippen molar-refractivity contribution in [3.05, 3.63) is 11.8 Å². The number of anilines is 1. The van der Waals surface area contributed by atoms with Crippen LogP contribution in [0.4, 0.5) is 5.82 Å². The predicted molar refractivity (Wildman–Crippen MR) is 68.1 cm³/mol. The van der Waals surface area contributed by atoms with E-state index in [1.54, 1.807) is 4.90 Å². The number of hydrogen-bond donors (Lipinski definition) is 2. The molecule has 18 heavy (non-hydrogen) atoms. The number of aromatic amines is 1. The van der Waals surface area contributed by atoms with Crippen LogP contribution in [-0.2, 0) is 4.74 Å². The molecular weight excluding hydrogens is 232 g/mol. The van der Waals surface area contributed by atoms with Crippen LogP contribution in [0.3, 0.4) is 0 Å². The Balaban J connectivity index is 2.23. The third-order valence-electron chi connectivity index (χ3n) is 2.88. The second kappa shape index (κ2) is 3.98. The summed E-state index contributed by atoms with van der Waals surface area (Å²) >= 11 is 0. The molecule has 0 unspecified atom stereocenters. The van der Waals surface area contributed by atoms with E-state index in [0.717, 1.165) is 0 Å². The number of nitrogen functional groups attached to an aromatic ring is 1. The molecule has 1 saturated heterocycles. The highest BCUT2D eigenvalue weighted by molar-refractivity contribution is 5.98. The molecule has 1 fully saturated rings. The maximum Gasteiger partial charge on any atom is 0.259 e. The summed E-state index contributed by atoms with van der Waals surface area (Å²) in [6, 6.07) is 0. The highest BCUT2D eigenvalue weighted by atomic mass is 16.5. The van der Waals surface area contributed by atoms with Gasteiger partial charge in [0.05, 0.1) is 17.4 Å². The van der Waals surface area contributed by atoms with Crippen LogP contribution >= 0.6 is 0 Å². The number of morpholine rings is 1. The number of amides is 1. The summed E-state index contributed by atoms with van der Waals surface area (Å²) in [5, 5.41) is 6.36. The molecule has 1 amide bonds. The molecule has 0 aromatic carbocycles. The molecule has 2 rings (SSSR count). The van der Waals surface area contributed by atoms with Gasteiger partial charge >= 0.3 is 0 Å². The summed E-state index contributed by atoms with van der Waals surface area (Å²) in [6.45, 7) is 9.00. The van der Waals surface area contributed by atoms with Gasteiger partial charge in [0.1, 0.15) is 11.4 Å². The molecule has 1 aromatic heterocycles. The molecule has 0 bridgehead atoms. The van der Waals surface area contributed by atoms with Gasteiger partial charge in [0, 0.05) is 13.1 Å². The van der Waals surface area contributed by atoms with Gasteiger partial charge in [0.15, 0.2) is 0 Å². The van der Waals surface area contributed by atoms with E-state index in [9.17, 15) is 4.79 Å². The number of rotatable bonds is 1. The molecular formula is C12H20N4O2. The van der Waals surface area contributed by atoms with Gasteiger partial charge in [0.2, 0.25) is 0 Å². The van der Waals surface area contributed by atoms with Crippen LogP contribution in [0, 0.1) is 0 Å². The molecule has 1 aliphatic rings. The van der Waals surface area contributed by atoms with E-state index in [1.807, 2.05) is 27.7 Å². The predicted octanol–water partition coefficient (Wildman–Crippen LogP) is 1.02. The van der Waals surface area contributed by atoms with Crippen LogP contribution < -0.4 is 5.73 Å². The number of carbonyl (C=O) groups excluding carboxylic acids is 1. The summed E-state index contributed by atoms with van der Waals surface area (Å²) in [5.74, 6) is 0.202. The Morgan fingerprint density at radius 3 is 2.39 bits per heavy atom. The van der Waals surface area contributed by atoms with Gasteiger partial charge in [-0.1, -0.05) is 0 Å². The van der Waals surface area contributed by atoms with Crippen molar-refractivity contribution < 1.29 is 9.53 Å². The first kappa shape index (κ1) is 12.9. The minimum atomic E-state index is -0.365. The van der Waals surface area contributed by atoms with Crippen LogP contribution in [-0.4, -0.2) is 45.3 Å². The smallest absolute Gasteiger partial charge is 0.259 e. The molecule has 0 saturated carbocycles. The van der Waals surface area contributed by atoms with E-state index in [4.69, 9.17) is 10.5 Å². The van der Waals surface area contributed by atoms with Crippen LogP contribution in [0.25, 0.3) is 0 Å². The maximum absolute atomic E-state index is 12.4. The highest BCUT2D eigenvalue weighted by Crippen LogP contribution is 2.29. The first-order valence-corrected chi connectivity index (χ1v) is 5.98. The second-order valence-electron chi connectivity index (χ2n) is 5.98. The van der Waals surface area contributed by atoms with Gasteiger partial charge < -0.3 is 15.4 Å². The van der Waals surface area contributed by atoms with Gasteiger partial charge in [-0.15, -0.1) is 0 Å². The van der Waals surface area contributed by atoms with Gasteiger partial charge in [-0.2, -0.15) is 5.10 Å². The zero-order chi connectivity index (χ0) is 13.6. The lowest BCUT2D eigenvalue weighted by Gasteiger charge is -2.47. The summed E-state index contributed by atoms with van der Waals surface area (Å²) in [6.07, 6.45) is 1.47. The topological polar surface area (TPSA) is 84.2 Å². The summed E-state index contributed by atoms with van der Waals surface area (Å²) in [4.78, 5) is 14.2. The molecule has 2 heterocycles. The number of ether oxygens (including phenoxy) is 1. The van der Waals surface area contributed by atoms with Gasteiger partial charge in [-0.3, -0.25) is 9.89 Å². The Morgan fingerprint density at radius 1 is 1.39 bits per heavy atom. The van der Waals surface area contributed by atoms with E-state index in [-0.39, 0.29) is 17.1 Å². The van der Waals surface area contributed by atoms with Gasteiger partial charge in [-0.25, -0.2) is 0 Å². The molecule has 0 atom stereocenters. The fourth-order valence-electron chi connectivity index (χ4n) is 2.57. The largest absolute Gasteiger partial charge is 0.383 e. The lowest BCUT2D eigenvalue weighted by molar-refractivity contribution is -0.171. The van der Waals surface area contributed by atoms with Crippen molar-refractivity contribution in [2.45, 2.75) is 38.9 Å². The van der Waals surface area contributed by atoms with Crippen molar-refractivity contribution in [3.63, 3.8) is 0 Å². The number of H-pyrrole nitrogens is 1. The van der Waals surface area contributed by atoms with Crippen LogP contribution in [0.5, 0.6) is 0 Å². The first-order valence-electron chi connectivity index (χ1n) is 5.98. The third-order valence-corrected chi connectivity index (χ3v) is 2.88. The molecule has 1 aliphatic heterocycles. The normalized spacial score (nSPS) is 21.9. The molecule has 0 spiro atoms. The Bertz CT molecular complexity index is 448. The maximum atomic E-state index is 12.4. The van der Waals surface area contributed by atoms with Crippen molar-refractivity contribution in [2.75, 3.05) is 18.8 Å². The van der Waals surface area contributed by atoms with E-state index in [2.05, 4.69) is 10.2 Å². The molecule has 6 nitrogen and oxygen atoms in total. The standard InChI is InChI=1S/C12H20N4O2/c1-11(2)6-16(7-12(3,4)18-11)10(17)8-5-14-15-9(8)13/h5H,6-7H2,1-4H3,(H3,13,14,15). The monoisotopic (exact) mass is 252 g/mol. The van der Waals surface area contributed by atoms with Crippen molar-refractivity contribution in [3.8, 4) is 0 Å². The van der Waals surface area contributed by atoms with Crippen molar-refractivity contribution in [1.82, 2.24) is 15.1 Å². The molecule has 100 valence electrons. The molecule has 3 N–H and O–H groups in total. The van der Waals surface area contributed by atoms with E-state index in [1.165, 1.54) is 6.20 Å². The summed E-state index contributed by atoms with van der Waals surface area (Å²) in [5.41, 5.74) is 5.38. The number of hydrogen-bond acceptors (Lipinski definition) is 4. The number of aromatic nitrogens is 2. The quantitative estimate of drug-likeness (QED) is 0.781. The number of nitrogens with zero attached hydrogens (tertiary/aromatic N) is 2. The Labute approximate surface area is 106 Å². The van der Waals surface area contributed by atoms with Crippen molar-refractivity contribution >= 4 is 11.7 Å². The molecule has 0 aliphatic carbocycles. The van der Waals surface area contributed by atoms with Crippen molar-refractivity contribution in [2.24, 2.45) is 0 Å². The lowest BCUT2D eigenvalue weighted by Crippen LogP contribution is -2.58. The third kappa shape index (κ3) is 2.48. The molecule has 1 aromatic rings. The summed E-state index contributed by atoms with van der Waals surface area (Å²) in [7, 11) is 0. The Kier molecular flexibility index (Phi) is 2.85. The SMILES string of the molecule is CC1(C)CN(C(=O)c2cn[nH]c2N)CC(C)(C)O1. The second-order valence-corrected chi connectivity index (χ2v) is 5.98. The number of nitrogens with two attached hydrogens (primary N) is 1. The zero-order valence-corrected chi connectivity index (χ0v) is 11.3. The number of carbonyl (C=O) groups is 1. The highest BCUT2D eigenvalue weighted by Gasteiger charge is 2.40. The molecule has 0 radical (unpaired) electrons. The zero-order valence-electron chi connectivity index (χ0n) is 11.3. The average Bonchev–Trinajstić information content (AvgIpc) is 2.58. The van der Waals surface area contributed by atoms with E-state index < -0.39 is 0 Å². The Hall–Kier alpha value is -1.56. The van der Waals surface area contributed by atoms with Gasteiger partial charge in [-0.05, 0) is 27.7 Å². The summed E-state index contributed by atoms with van der Waals surface area (Å²) < 4.78 is 5.94. The van der Waals surface area contributed by atoms with E-state index in [0.29, 0.717) is 24.5 Å². The van der Waals surface area contributed by atoms with Crippen LogP contribution in [0.15, 0.2) is 6.20 Å².